The molecule has 0 aliphatic heterocycles. The van der Waals surface area contributed by atoms with Crippen molar-refractivity contribution in [3.05, 3.63) is 41.7 Å². The number of nitrogens with two attached hydrogens (primary N) is 1. The quantitative estimate of drug-likeness (QED) is 0.792. The van der Waals surface area contributed by atoms with Crippen LogP contribution in [-0.2, 0) is 0 Å². The second-order valence-electron chi connectivity index (χ2n) is 2.82. The van der Waals surface area contributed by atoms with Gasteiger partial charge in [0.15, 0.2) is 0 Å². The molecular formula is C10H8ClN3O. The van der Waals surface area contributed by atoms with Gasteiger partial charge in [0.05, 0.1) is 10.7 Å². The zero-order chi connectivity index (χ0) is 10.7. The molecule has 1 aromatic heterocycles. The number of hydrogen-bond acceptors (Lipinski definition) is 4. The zero-order valence-corrected chi connectivity index (χ0v) is 8.48. The summed E-state index contributed by atoms with van der Waals surface area (Å²) < 4.78 is 5.35. The molecule has 1 heterocycles. The SMILES string of the molecule is Nc1ccc(Oc2ncccn2)cc1Cl. The fourth-order valence-corrected chi connectivity index (χ4v) is 1.19. The molecule has 0 amide bonds. The maximum Gasteiger partial charge on any atom is 0.321 e. The van der Waals surface area contributed by atoms with Crippen LogP contribution in [0.1, 0.15) is 0 Å². The number of anilines is 1. The lowest BCUT2D eigenvalue weighted by Crippen LogP contribution is -1.91. The summed E-state index contributed by atoms with van der Waals surface area (Å²) in [6, 6.07) is 6.98. The Morgan fingerprint density at radius 2 is 1.93 bits per heavy atom. The molecule has 76 valence electrons. The highest BCUT2D eigenvalue weighted by Crippen LogP contribution is 2.26. The summed E-state index contributed by atoms with van der Waals surface area (Å²) in [6.07, 6.45) is 3.20. The van der Waals surface area contributed by atoms with Gasteiger partial charge in [0, 0.05) is 18.5 Å². The molecule has 0 aliphatic carbocycles. The number of nitrogens with zero attached hydrogens (tertiary/aromatic N) is 2. The van der Waals surface area contributed by atoms with Gasteiger partial charge in [-0.3, -0.25) is 0 Å². The van der Waals surface area contributed by atoms with Gasteiger partial charge in [-0.25, -0.2) is 9.97 Å². The smallest absolute Gasteiger partial charge is 0.321 e. The third-order valence-corrected chi connectivity index (χ3v) is 2.05. The minimum atomic E-state index is 0.276. The van der Waals surface area contributed by atoms with E-state index in [0.29, 0.717) is 16.5 Å². The number of rotatable bonds is 2. The molecule has 0 spiro atoms. The van der Waals surface area contributed by atoms with Crippen molar-refractivity contribution in [3.8, 4) is 11.8 Å². The van der Waals surface area contributed by atoms with Crippen LogP contribution in [-0.4, -0.2) is 9.97 Å². The van der Waals surface area contributed by atoms with Crippen molar-refractivity contribution in [2.75, 3.05) is 5.73 Å². The minimum absolute atomic E-state index is 0.276. The maximum absolute atomic E-state index is 5.83. The Balaban J connectivity index is 2.22. The van der Waals surface area contributed by atoms with E-state index in [1.165, 1.54) is 0 Å². The van der Waals surface area contributed by atoms with Crippen LogP contribution >= 0.6 is 11.6 Å². The molecule has 0 saturated heterocycles. The van der Waals surface area contributed by atoms with Crippen LogP contribution in [0.4, 0.5) is 5.69 Å². The van der Waals surface area contributed by atoms with Crippen LogP contribution in [0.15, 0.2) is 36.7 Å². The summed E-state index contributed by atoms with van der Waals surface area (Å²) >= 11 is 5.83. The van der Waals surface area contributed by atoms with Crippen molar-refractivity contribution in [2.45, 2.75) is 0 Å². The molecule has 0 fully saturated rings. The van der Waals surface area contributed by atoms with Gasteiger partial charge in [0.1, 0.15) is 5.75 Å². The van der Waals surface area contributed by atoms with Crippen molar-refractivity contribution in [1.29, 1.82) is 0 Å². The summed E-state index contributed by atoms with van der Waals surface area (Å²) in [4.78, 5) is 7.84. The van der Waals surface area contributed by atoms with E-state index in [1.807, 2.05) is 0 Å². The molecule has 0 unspecified atom stereocenters. The molecule has 5 heteroatoms. The normalized spacial score (nSPS) is 9.93. The number of aromatic nitrogens is 2. The minimum Gasteiger partial charge on any atom is -0.424 e. The van der Waals surface area contributed by atoms with Crippen molar-refractivity contribution in [3.63, 3.8) is 0 Å². The fraction of sp³-hybridized carbons (Fsp3) is 0. The van der Waals surface area contributed by atoms with Crippen LogP contribution < -0.4 is 10.5 Å². The molecule has 0 bridgehead atoms. The third-order valence-electron chi connectivity index (χ3n) is 1.72. The summed E-state index contributed by atoms with van der Waals surface area (Å²) in [5.41, 5.74) is 6.08. The molecule has 0 radical (unpaired) electrons. The molecule has 2 aromatic rings. The van der Waals surface area contributed by atoms with E-state index in [9.17, 15) is 0 Å². The topological polar surface area (TPSA) is 61.0 Å². The van der Waals surface area contributed by atoms with Gasteiger partial charge in [0.25, 0.3) is 0 Å². The second-order valence-corrected chi connectivity index (χ2v) is 3.22. The summed E-state index contributed by atoms with van der Waals surface area (Å²) in [6.45, 7) is 0. The lowest BCUT2D eigenvalue weighted by molar-refractivity contribution is 0.442. The molecule has 15 heavy (non-hydrogen) atoms. The van der Waals surface area contributed by atoms with Gasteiger partial charge in [-0.1, -0.05) is 11.6 Å². The first-order valence-electron chi connectivity index (χ1n) is 4.25. The predicted octanol–water partition coefficient (Wildman–Crippen LogP) is 2.50. The molecule has 2 N–H and O–H groups in total. The number of ether oxygens (including phenoxy) is 1. The van der Waals surface area contributed by atoms with E-state index in [0.717, 1.165) is 0 Å². The number of benzene rings is 1. The highest BCUT2D eigenvalue weighted by molar-refractivity contribution is 6.33. The van der Waals surface area contributed by atoms with Crippen LogP contribution in [0.3, 0.4) is 0 Å². The lowest BCUT2D eigenvalue weighted by atomic mass is 10.3. The van der Waals surface area contributed by atoms with Crippen LogP contribution in [0.2, 0.25) is 5.02 Å². The van der Waals surface area contributed by atoms with Crippen LogP contribution in [0.25, 0.3) is 0 Å². The van der Waals surface area contributed by atoms with Crippen molar-refractivity contribution in [1.82, 2.24) is 9.97 Å². The van der Waals surface area contributed by atoms with Gasteiger partial charge in [-0.2, -0.15) is 0 Å². The Bertz CT molecular complexity index is 461. The van der Waals surface area contributed by atoms with E-state index in [4.69, 9.17) is 22.1 Å². The average Bonchev–Trinajstić information content (AvgIpc) is 2.25. The first-order valence-corrected chi connectivity index (χ1v) is 4.63. The van der Waals surface area contributed by atoms with Gasteiger partial charge in [0.2, 0.25) is 0 Å². The Morgan fingerprint density at radius 1 is 1.20 bits per heavy atom. The monoisotopic (exact) mass is 221 g/mol. The van der Waals surface area contributed by atoms with Crippen molar-refractivity contribution < 1.29 is 4.74 Å². The van der Waals surface area contributed by atoms with E-state index in [-0.39, 0.29) is 6.01 Å². The van der Waals surface area contributed by atoms with Crippen molar-refractivity contribution >= 4 is 17.3 Å². The van der Waals surface area contributed by atoms with Crippen molar-refractivity contribution in [2.24, 2.45) is 0 Å². The zero-order valence-electron chi connectivity index (χ0n) is 7.72. The largest absolute Gasteiger partial charge is 0.424 e. The van der Waals surface area contributed by atoms with E-state index >= 15 is 0 Å². The highest BCUT2D eigenvalue weighted by atomic mass is 35.5. The van der Waals surface area contributed by atoms with E-state index in [1.54, 1.807) is 36.7 Å². The molecule has 2 rings (SSSR count). The van der Waals surface area contributed by atoms with Gasteiger partial charge < -0.3 is 10.5 Å². The van der Waals surface area contributed by atoms with E-state index in [2.05, 4.69) is 9.97 Å². The maximum atomic E-state index is 5.83. The first kappa shape index (κ1) is 9.73. The number of hydrogen-bond donors (Lipinski definition) is 1. The molecule has 1 aromatic carbocycles. The van der Waals surface area contributed by atoms with E-state index < -0.39 is 0 Å². The highest BCUT2D eigenvalue weighted by Gasteiger charge is 2.01. The molecule has 4 nitrogen and oxygen atoms in total. The predicted molar refractivity (Wildman–Crippen MR) is 58.0 cm³/mol. The van der Waals surface area contributed by atoms with Crippen LogP contribution in [0.5, 0.6) is 11.8 Å². The Hall–Kier alpha value is -1.81. The Kier molecular flexibility index (Phi) is 2.69. The number of halogens is 1. The summed E-state index contributed by atoms with van der Waals surface area (Å²) in [7, 11) is 0. The number of nitrogen functional groups attached to an aromatic ring is 1. The molecule has 0 aliphatic rings. The average molecular weight is 222 g/mol. The first-order chi connectivity index (χ1) is 7.25. The van der Waals surface area contributed by atoms with Gasteiger partial charge >= 0.3 is 6.01 Å². The third kappa shape index (κ3) is 2.35. The standard InChI is InChI=1S/C10H8ClN3O/c11-8-6-7(2-3-9(8)12)15-10-13-4-1-5-14-10/h1-6H,12H2. The Morgan fingerprint density at radius 3 is 2.60 bits per heavy atom. The summed E-state index contributed by atoms with van der Waals surface area (Å²) in [5.74, 6) is 0.556. The molecule has 0 atom stereocenters. The summed E-state index contributed by atoms with van der Waals surface area (Å²) in [5, 5.41) is 0.448. The molecule has 0 saturated carbocycles. The fourth-order valence-electron chi connectivity index (χ4n) is 1.01. The van der Waals surface area contributed by atoms with Gasteiger partial charge in [-0.15, -0.1) is 0 Å². The molecular weight excluding hydrogens is 214 g/mol. The lowest BCUT2D eigenvalue weighted by Gasteiger charge is -2.04. The van der Waals surface area contributed by atoms with Gasteiger partial charge in [-0.05, 0) is 18.2 Å². The second kappa shape index (κ2) is 4.14. The van der Waals surface area contributed by atoms with Crippen LogP contribution in [0, 0.1) is 0 Å². The Labute approximate surface area is 91.7 Å².